The Labute approximate surface area is 87.4 Å². The van der Waals surface area contributed by atoms with Gasteiger partial charge < -0.3 is 0 Å². The van der Waals surface area contributed by atoms with Crippen molar-refractivity contribution >= 4 is 0 Å². The molecule has 0 unspecified atom stereocenters. The molecule has 0 saturated heterocycles. The first-order valence-corrected chi connectivity index (χ1v) is 5.30. The molecule has 0 aliphatic heterocycles. The van der Waals surface area contributed by atoms with Crippen LogP contribution in [0.5, 0.6) is 0 Å². The first-order valence-electron chi connectivity index (χ1n) is 5.30. The highest BCUT2D eigenvalue weighted by Gasteiger charge is 1.79. The molecule has 1 aromatic carbocycles. The molecule has 0 spiro atoms. The number of hydrogen-bond donors (Lipinski definition) is 0. The topological polar surface area (TPSA) is 23.8 Å². The van der Waals surface area contributed by atoms with Gasteiger partial charge in [0.1, 0.15) is 0 Å². The number of nitrogens with zero attached hydrogens (tertiary/aromatic N) is 1. The third-order valence-corrected chi connectivity index (χ3v) is 1.86. The molecule has 1 rings (SSSR count). The smallest absolute Gasteiger partial charge is 0.0991 e. The fraction of sp³-hybridized carbons (Fsp3) is 0.462. The van der Waals surface area contributed by atoms with Gasteiger partial charge >= 0.3 is 0 Å². The SMILES string of the molecule is CCCCCC.N#Cc1ccccc1. The Kier molecular flexibility index (Phi) is 8.89. The summed E-state index contributed by atoms with van der Waals surface area (Å²) in [5.74, 6) is 0. The van der Waals surface area contributed by atoms with Crippen molar-refractivity contribution in [2.75, 3.05) is 0 Å². The first kappa shape index (κ1) is 12.7. The van der Waals surface area contributed by atoms with Crippen molar-refractivity contribution in [1.82, 2.24) is 0 Å². The fourth-order valence-corrected chi connectivity index (χ4v) is 1.01. The van der Waals surface area contributed by atoms with Gasteiger partial charge in [0.15, 0.2) is 0 Å². The minimum atomic E-state index is 0.715. The highest BCUT2D eigenvalue weighted by molar-refractivity contribution is 5.27. The maximum absolute atomic E-state index is 8.29. The molecule has 0 amide bonds. The van der Waals surface area contributed by atoms with E-state index < -0.39 is 0 Å². The van der Waals surface area contributed by atoms with Crippen molar-refractivity contribution in [3.05, 3.63) is 35.9 Å². The predicted molar refractivity (Wildman–Crippen MR) is 61.0 cm³/mol. The lowest BCUT2D eigenvalue weighted by atomic mass is 10.2. The second-order valence-corrected chi connectivity index (χ2v) is 3.18. The van der Waals surface area contributed by atoms with Crippen LogP contribution in [0.4, 0.5) is 0 Å². The van der Waals surface area contributed by atoms with Crippen LogP contribution < -0.4 is 0 Å². The first-order chi connectivity index (χ1) is 6.85. The van der Waals surface area contributed by atoms with Gasteiger partial charge in [0.05, 0.1) is 11.6 Å². The number of benzene rings is 1. The second-order valence-electron chi connectivity index (χ2n) is 3.18. The molecular weight excluding hydrogens is 170 g/mol. The van der Waals surface area contributed by atoms with Gasteiger partial charge in [-0.1, -0.05) is 57.7 Å². The summed E-state index contributed by atoms with van der Waals surface area (Å²) in [6.07, 6.45) is 5.54. The van der Waals surface area contributed by atoms with E-state index in [0.29, 0.717) is 5.56 Å². The zero-order valence-electron chi connectivity index (χ0n) is 9.16. The molecule has 0 bridgehead atoms. The molecule has 0 saturated carbocycles. The molecule has 1 heteroatoms. The van der Waals surface area contributed by atoms with E-state index in [1.807, 2.05) is 24.3 Å². The summed E-state index contributed by atoms with van der Waals surface area (Å²) in [7, 11) is 0. The molecule has 0 N–H and O–H groups in total. The lowest BCUT2D eigenvalue weighted by Crippen LogP contribution is -1.66. The second kappa shape index (κ2) is 9.80. The molecule has 0 aliphatic rings. The lowest BCUT2D eigenvalue weighted by molar-refractivity contribution is 0.702. The number of nitriles is 1. The van der Waals surface area contributed by atoms with Crippen molar-refractivity contribution < 1.29 is 0 Å². The maximum atomic E-state index is 8.29. The monoisotopic (exact) mass is 189 g/mol. The third kappa shape index (κ3) is 7.36. The molecule has 0 aromatic heterocycles. The summed E-state index contributed by atoms with van der Waals surface area (Å²) >= 11 is 0. The summed E-state index contributed by atoms with van der Waals surface area (Å²) in [6.45, 7) is 4.46. The molecule has 76 valence electrons. The Balaban J connectivity index is 0.000000255. The molecule has 0 fully saturated rings. The van der Waals surface area contributed by atoms with Gasteiger partial charge in [-0.2, -0.15) is 5.26 Å². The van der Waals surface area contributed by atoms with E-state index in [1.54, 1.807) is 12.1 Å². The summed E-state index contributed by atoms with van der Waals surface area (Å²) < 4.78 is 0. The van der Waals surface area contributed by atoms with Crippen LogP contribution >= 0.6 is 0 Å². The highest BCUT2D eigenvalue weighted by Crippen LogP contribution is 1.95. The average Bonchev–Trinajstić information content (AvgIpc) is 2.28. The van der Waals surface area contributed by atoms with E-state index in [9.17, 15) is 0 Å². The van der Waals surface area contributed by atoms with Crippen LogP contribution in [0.15, 0.2) is 30.3 Å². The predicted octanol–water partition coefficient (Wildman–Crippen LogP) is 4.14. The number of rotatable bonds is 3. The third-order valence-electron chi connectivity index (χ3n) is 1.86. The summed E-state index contributed by atoms with van der Waals surface area (Å²) in [6, 6.07) is 11.2. The van der Waals surface area contributed by atoms with Gasteiger partial charge in [-0.05, 0) is 12.1 Å². The van der Waals surface area contributed by atoms with Gasteiger partial charge in [0, 0.05) is 0 Å². The van der Waals surface area contributed by atoms with E-state index >= 15 is 0 Å². The van der Waals surface area contributed by atoms with Gasteiger partial charge in [-0.25, -0.2) is 0 Å². The zero-order valence-corrected chi connectivity index (χ0v) is 9.16. The van der Waals surface area contributed by atoms with Crippen LogP contribution in [0.2, 0.25) is 0 Å². The van der Waals surface area contributed by atoms with Crippen LogP contribution in [0.3, 0.4) is 0 Å². The van der Waals surface area contributed by atoms with Crippen LogP contribution in [0, 0.1) is 11.3 Å². The highest BCUT2D eigenvalue weighted by atomic mass is 14.2. The van der Waals surface area contributed by atoms with Crippen molar-refractivity contribution in [2.45, 2.75) is 39.5 Å². The van der Waals surface area contributed by atoms with Gasteiger partial charge in [0.25, 0.3) is 0 Å². The van der Waals surface area contributed by atoms with Crippen molar-refractivity contribution in [1.29, 1.82) is 5.26 Å². The Morgan fingerprint density at radius 3 is 1.79 bits per heavy atom. The Hall–Kier alpha value is -1.29. The van der Waals surface area contributed by atoms with Crippen LogP contribution in [0.25, 0.3) is 0 Å². The van der Waals surface area contributed by atoms with Crippen LogP contribution in [-0.2, 0) is 0 Å². The largest absolute Gasteiger partial charge is 0.192 e. The molecule has 0 radical (unpaired) electrons. The van der Waals surface area contributed by atoms with Gasteiger partial charge in [0.2, 0.25) is 0 Å². The summed E-state index contributed by atoms with van der Waals surface area (Å²) in [5.41, 5.74) is 0.715. The molecule has 0 atom stereocenters. The van der Waals surface area contributed by atoms with E-state index in [-0.39, 0.29) is 0 Å². The maximum Gasteiger partial charge on any atom is 0.0991 e. The van der Waals surface area contributed by atoms with E-state index in [0.717, 1.165) is 0 Å². The van der Waals surface area contributed by atoms with E-state index in [1.165, 1.54) is 25.7 Å². The quantitative estimate of drug-likeness (QED) is 0.655. The Bertz CT molecular complexity index is 242. The number of hydrogen-bond acceptors (Lipinski definition) is 1. The molecule has 14 heavy (non-hydrogen) atoms. The molecule has 0 aliphatic carbocycles. The number of unbranched alkanes of at least 4 members (excludes halogenated alkanes) is 3. The normalized spacial score (nSPS) is 8.36. The van der Waals surface area contributed by atoms with Crippen molar-refractivity contribution in [2.24, 2.45) is 0 Å². The molecule has 1 nitrogen and oxygen atoms in total. The summed E-state index contributed by atoms with van der Waals surface area (Å²) in [4.78, 5) is 0. The minimum absolute atomic E-state index is 0.715. The van der Waals surface area contributed by atoms with Crippen LogP contribution in [-0.4, -0.2) is 0 Å². The molecule has 1 aromatic rings. The average molecular weight is 189 g/mol. The molecule has 0 heterocycles. The van der Waals surface area contributed by atoms with E-state index in [2.05, 4.69) is 13.8 Å². The van der Waals surface area contributed by atoms with Crippen molar-refractivity contribution in [3.63, 3.8) is 0 Å². The summed E-state index contributed by atoms with van der Waals surface area (Å²) in [5, 5.41) is 8.29. The zero-order chi connectivity index (χ0) is 10.6. The van der Waals surface area contributed by atoms with E-state index in [4.69, 9.17) is 5.26 Å². The Morgan fingerprint density at radius 2 is 1.50 bits per heavy atom. The molecular formula is C13H19N. The van der Waals surface area contributed by atoms with Gasteiger partial charge in [-0.3, -0.25) is 0 Å². The van der Waals surface area contributed by atoms with Crippen LogP contribution in [0.1, 0.15) is 45.1 Å². The Morgan fingerprint density at radius 1 is 1.00 bits per heavy atom. The standard InChI is InChI=1S/C7H5N.C6H14/c8-6-7-4-2-1-3-5-7;1-3-5-6-4-2/h1-5H;3-6H2,1-2H3. The minimum Gasteiger partial charge on any atom is -0.192 e. The lowest BCUT2D eigenvalue weighted by Gasteiger charge is -1.86. The van der Waals surface area contributed by atoms with Gasteiger partial charge in [-0.15, -0.1) is 0 Å². The fourth-order valence-electron chi connectivity index (χ4n) is 1.01. The van der Waals surface area contributed by atoms with Crippen molar-refractivity contribution in [3.8, 4) is 6.07 Å².